The zero-order chi connectivity index (χ0) is 14.5. The van der Waals surface area contributed by atoms with E-state index in [1.54, 1.807) is 0 Å². The van der Waals surface area contributed by atoms with Gasteiger partial charge in [-0.25, -0.2) is 0 Å². The number of nitrogens with zero attached hydrogens (tertiary/aromatic N) is 1. The quantitative estimate of drug-likeness (QED) is 0.906. The van der Waals surface area contributed by atoms with Crippen LogP contribution in [0.4, 0.5) is 0 Å². The molecule has 3 atom stereocenters. The molecule has 1 heterocycles. The molecule has 1 aromatic heterocycles. The zero-order valence-corrected chi connectivity index (χ0v) is 12.2. The topological polar surface area (TPSA) is 45.1 Å². The molecule has 3 rings (SSSR count). The molecule has 0 radical (unpaired) electrons. The van der Waals surface area contributed by atoms with Crippen molar-refractivity contribution in [3.63, 3.8) is 0 Å². The van der Waals surface area contributed by atoms with Crippen LogP contribution in [0.25, 0.3) is 0 Å². The first kappa shape index (κ1) is 14.2. The van der Waals surface area contributed by atoms with Crippen molar-refractivity contribution in [1.82, 2.24) is 10.3 Å². The molecule has 1 aliphatic rings. The summed E-state index contributed by atoms with van der Waals surface area (Å²) in [6.45, 7) is 0. The summed E-state index contributed by atoms with van der Waals surface area (Å²) in [4.78, 5) is 4.11. The van der Waals surface area contributed by atoms with E-state index >= 15 is 0 Å². The summed E-state index contributed by atoms with van der Waals surface area (Å²) in [5.74, 6) is 0. The minimum absolute atomic E-state index is 0.104. The Morgan fingerprint density at radius 2 is 1.62 bits per heavy atom. The molecule has 0 spiro atoms. The van der Waals surface area contributed by atoms with Crippen molar-refractivity contribution >= 4 is 0 Å². The zero-order valence-electron chi connectivity index (χ0n) is 12.2. The third-order valence-electron chi connectivity index (χ3n) is 4.28. The lowest BCUT2D eigenvalue weighted by Crippen LogP contribution is -2.44. The van der Waals surface area contributed by atoms with Crippen LogP contribution in [0.1, 0.15) is 42.9 Å². The number of rotatable bonds is 4. The highest BCUT2D eigenvalue weighted by Crippen LogP contribution is 2.26. The van der Waals surface area contributed by atoms with Gasteiger partial charge < -0.3 is 10.4 Å². The highest BCUT2D eigenvalue weighted by molar-refractivity contribution is 5.30. The molecule has 0 saturated heterocycles. The van der Waals surface area contributed by atoms with Gasteiger partial charge in [0.1, 0.15) is 0 Å². The van der Waals surface area contributed by atoms with Crippen LogP contribution < -0.4 is 5.32 Å². The monoisotopic (exact) mass is 282 g/mol. The number of pyridine rings is 1. The Balaban J connectivity index is 1.86. The molecule has 1 aliphatic carbocycles. The largest absolute Gasteiger partial charge is 0.392 e. The average molecular weight is 282 g/mol. The number of aliphatic hydroxyl groups excluding tert-OH is 1. The fourth-order valence-corrected chi connectivity index (χ4v) is 3.11. The van der Waals surface area contributed by atoms with Crippen LogP contribution in [0.15, 0.2) is 54.9 Å². The molecule has 21 heavy (non-hydrogen) atoms. The highest BCUT2D eigenvalue weighted by atomic mass is 16.3. The Morgan fingerprint density at radius 3 is 2.33 bits per heavy atom. The first-order chi connectivity index (χ1) is 10.3. The van der Waals surface area contributed by atoms with Crippen molar-refractivity contribution in [1.29, 1.82) is 0 Å². The molecular formula is C18H22N2O. The lowest BCUT2D eigenvalue weighted by molar-refractivity contribution is 0.0872. The second-order valence-electron chi connectivity index (χ2n) is 5.75. The van der Waals surface area contributed by atoms with Crippen molar-refractivity contribution in [2.75, 3.05) is 0 Å². The number of benzene rings is 1. The number of aromatic nitrogens is 1. The van der Waals surface area contributed by atoms with Gasteiger partial charge in [-0.1, -0.05) is 43.2 Å². The first-order valence-electron chi connectivity index (χ1n) is 7.73. The molecule has 3 nitrogen and oxygen atoms in total. The van der Waals surface area contributed by atoms with Gasteiger partial charge in [-0.15, -0.1) is 0 Å². The summed E-state index contributed by atoms with van der Waals surface area (Å²) >= 11 is 0. The van der Waals surface area contributed by atoms with Crippen molar-refractivity contribution in [2.24, 2.45) is 0 Å². The third kappa shape index (κ3) is 3.49. The summed E-state index contributed by atoms with van der Waals surface area (Å²) in [6, 6.07) is 14.8. The van der Waals surface area contributed by atoms with Gasteiger partial charge in [0.25, 0.3) is 0 Å². The van der Waals surface area contributed by atoms with Gasteiger partial charge >= 0.3 is 0 Å². The van der Waals surface area contributed by atoms with Crippen LogP contribution in [0.5, 0.6) is 0 Å². The molecule has 1 fully saturated rings. The van der Waals surface area contributed by atoms with E-state index in [-0.39, 0.29) is 18.2 Å². The molecule has 2 aromatic rings. The summed E-state index contributed by atoms with van der Waals surface area (Å²) in [5.41, 5.74) is 2.41. The molecule has 3 unspecified atom stereocenters. The molecule has 1 aromatic carbocycles. The van der Waals surface area contributed by atoms with E-state index < -0.39 is 0 Å². The summed E-state index contributed by atoms with van der Waals surface area (Å²) in [7, 11) is 0. The van der Waals surface area contributed by atoms with Crippen molar-refractivity contribution in [3.8, 4) is 0 Å². The van der Waals surface area contributed by atoms with E-state index in [1.807, 2.05) is 30.6 Å². The molecule has 2 N–H and O–H groups in total. The standard InChI is InChI=1S/C18H22N2O/c21-17-9-5-4-8-16(17)20-18(14-6-2-1-3-7-14)15-10-12-19-13-11-15/h1-3,6-7,10-13,16-18,20-21H,4-5,8-9H2. The van der Waals surface area contributed by atoms with E-state index in [2.05, 4.69) is 34.6 Å². The van der Waals surface area contributed by atoms with Gasteiger partial charge in [0.05, 0.1) is 12.1 Å². The molecule has 0 bridgehead atoms. The number of nitrogens with one attached hydrogen (secondary N) is 1. The lowest BCUT2D eigenvalue weighted by atomic mass is 9.90. The minimum Gasteiger partial charge on any atom is -0.392 e. The van der Waals surface area contributed by atoms with Crippen LogP contribution in [0.3, 0.4) is 0 Å². The third-order valence-corrected chi connectivity index (χ3v) is 4.28. The first-order valence-corrected chi connectivity index (χ1v) is 7.73. The van der Waals surface area contributed by atoms with Gasteiger partial charge in [0.2, 0.25) is 0 Å². The Labute approximate surface area is 126 Å². The average Bonchev–Trinajstić information content (AvgIpc) is 2.56. The molecule has 110 valence electrons. The van der Waals surface area contributed by atoms with E-state index in [1.165, 1.54) is 17.5 Å². The lowest BCUT2D eigenvalue weighted by Gasteiger charge is -2.32. The van der Waals surface area contributed by atoms with Crippen LogP contribution in [0, 0.1) is 0 Å². The van der Waals surface area contributed by atoms with Gasteiger partial charge in [-0.2, -0.15) is 0 Å². The molecule has 0 aliphatic heterocycles. The predicted octanol–water partition coefficient (Wildman–Crippen LogP) is 3.06. The number of hydrogen-bond donors (Lipinski definition) is 2. The molecule has 3 heteroatoms. The maximum absolute atomic E-state index is 10.2. The van der Waals surface area contributed by atoms with Crippen molar-refractivity contribution < 1.29 is 5.11 Å². The fourth-order valence-electron chi connectivity index (χ4n) is 3.11. The predicted molar refractivity (Wildman–Crippen MR) is 83.9 cm³/mol. The van der Waals surface area contributed by atoms with Crippen LogP contribution in [0.2, 0.25) is 0 Å². The molecular weight excluding hydrogens is 260 g/mol. The maximum atomic E-state index is 10.2. The number of hydrogen-bond acceptors (Lipinski definition) is 3. The van der Waals surface area contributed by atoms with Crippen molar-refractivity contribution in [3.05, 3.63) is 66.0 Å². The summed E-state index contributed by atoms with van der Waals surface area (Å²) in [5, 5.41) is 13.9. The summed E-state index contributed by atoms with van der Waals surface area (Å²) in [6.07, 6.45) is 7.66. The smallest absolute Gasteiger partial charge is 0.0693 e. The van der Waals surface area contributed by atoms with Gasteiger partial charge in [-0.05, 0) is 36.1 Å². The van der Waals surface area contributed by atoms with Crippen molar-refractivity contribution in [2.45, 2.75) is 43.9 Å². The van der Waals surface area contributed by atoms with Gasteiger partial charge in [0.15, 0.2) is 0 Å². The Hall–Kier alpha value is -1.71. The van der Waals surface area contributed by atoms with E-state index in [9.17, 15) is 5.11 Å². The van der Waals surface area contributed by atoms with Gasteiger partial charge in [0, 0.05) is 18.4 Å². The Bertz CT molecular complexity index is 504. The molecule has 1 saturated carbocycles. The Kier molecular flexibility index (Phi) is 4.63. The SMILES string of the molecule is OC1CCCCC1NC(c1ccccc1)c1ccncc1. The second-order valence-corrected chi connectivity index (χ2v) is 5.75. The fraction of sp³-hybridized carbons (Fsp3) is 0.389. The minimum atomic E-state index is -0.244. The van der Waals surface area contributed by atoms with Crippen LogP contribution in [-0.4, -0.2) is 22.2 Å². The number of aliphatic hydroxyl groups is 1. The van der Waals surface area contributed by atoms with Crippen LogP contribution in [-0.2, 0) is 0 Å². The highest BCUT2D eigenvalue weighted by Gasteiger charge is 2.26. The van der Waals surface area contributed by atoms with Crippen LogP contribution >= 0.6 is 0 Å². The molecule has 0 amide bonds. The van der Waals surface area contributed by atoms with E-state index in [0.29, 0.717) is 0 Å². The Morgan fingerprint density at radius 1 is 0.952 bits per heavy atom. The van der Waals surface area contributed by atoms with E-state index in [0.717, 1.165) is 19.3 Å². The van der Waals surface area contributed by atoms with Gasteiger partial charge in [-0.3, -0.25) is 4.98 Å². The second kappa shape index (κ2) is 6.83. The normalized spacial score (nSPS) is 23.7. The maximum Gasteiger partial charge on any atom is 0.0693 e. The summed E-state index contributed by atoms with van der Waals surface area (Å²) < 4.78 is 0. The van der Waals surface area contributed by atoms with E-state index in [4.69, 9.17) is 0 Å².